The van der Waals surface area contributed by atoms with Crippen molar-refractivity contribution in [2.45, 2.75) is 16.6 Å². The van der Waals surface area contributed by atoms with Gasteiger partial charge in [0.2, 0.25) is 0 Å². The highest BCUT2D eigenvalue weighted by Crippen LogP contribution is 2.40. The van der Waals surface area contributed by atoms with Crippen molar-refractivity contribution in [3.05, 3.63) is 48.0 Å². The van der Waals surface area contributed by atoms with E-state index >= 15 is 0 Å². The van der Waals surface area contributed by atoms with Gasteiger partial charge in [0, 0.05) is 11.1 Å². The van der Waals surface area contributed by atoms with E-state index in [4.69, 9.17) is 0 Å². The van der Waals surface area contributed by atoms with E-state index in [0.717, 1.165) is 24.0 Å². The summed E-state index contributed by atoms with van der Waals surface area (Å²) in [6.45, 7) is 0. The number of carbonyl (C=O) groups is 1. The molecule has 0 bridgehead atoms. The first-order valence-corrected chi connectivity index (χ1v) is 7.04. The minimum absolute atomic E-state index is 0.231. The topological polar surface area (TPSA) is 66.9 Å². The molecule has 1 unspecified atom stereocenters. The summed E-state index contributed by atoms with van der Waals surface area (Å²) in [7, 11) is 0. The van der Waals surface area contributed by atoms with Gasteiger partial charge in [0.25, 0.3) is 5.91 Å². The van der Waals surface area contributed by atoms with E-state index in [2.05, 4.69) is 20.6 Å². The zero-order chi connectivity index (χ0) is 15.7. The monoisotopic (exact) mass is 326 g/mol. The van der Waals surface area contributed by atoms with Gasteiger partial charge in [-0.25, -0.2) is 4.98 Å². The summed E-state index contributed by atoms with van der Waals surface area (Å²) < 4.78 is 37.8. The van der Waals surface area contributed by atoms with Gasteiger partial charge in [-0.15, -0.1) is 0 Å². The van der Waals surface area contributed by atoms with Crippen LogP contribution in [0.15, 0.2) is 41.6 Å². The Labute approximate surface area is 127 Å². The molecule has 5 nitrogen and oxygen atoms in total. The normalized spacial score (nSPS) is 16.8. The number of amides is 1. The molecule has 0 aliphatic carbocycles. The highest BCUT2D eigenvalue weighted by molar-refractivity contribution is 8.00. The number of hydrogen-bond donors (Lipinski definition) is 2. The largest absolute Gasteiger partial charge is 0.433 e. The molecule has 1 amide bonds. The number of pyridine rings is 2. The molecule has 3 rings (SSSR count). The van der Waals surface area contributed by atoms with E-state index in [0.29, 0.717) is 10.6 Å². The maximum Gasteiger partial charge on any atom is 0.433 e. The van der Waals surface area contributed by atoms with Crippen molar-refractivity contribution in [3.8, 4) is 0 Å². The first kappa shape index (κ1) is 14.6. The number of carbonyl (C=O) groups excluding carboxylic acids is 1. The van der Waals surface area contributed by atoms with Gasteiger partial charge in [0.15, 0.2) is 5.50 Å². The second-order valence-electron chi connectivity index (χ2n) is 4.39. The van der Waals surface area contributed by atoms with Gasteiger partial charge >= 0.3 is 6.18 Å². The second-order valence-corrected chi connectivity index (χ2v) is 5.54. The summed E-state index contributed by atoms with van der Waals surface area (Å²) in [4.78, 5) is 19.6. The van der Waals surface area contributed by atoms with Crippen LogP contribution >= 0.6 is 11.8 Å². The molecule has 2 aromatic rings. The molecule has 0 radical (unpaired) electrons. The maximum atomic E-state index is 12.6. The minimum atomic E-state index is -4.50. The van der Waals surface area contributed by atoms with Crippen molar-refractivity contribution in [3.63, 3.8) is 0 Å². The Morgan fingerprint density at radius 3 is 2.82 bits per heavy atom. The van der Waals surface area contributed by atoms with Crippen LogP contribution in [0, 0.1) is 0 Å². The number of nitrogens with zero attached hydrogens (tertiary/aromatic N) is 2. The third-order valence-corrected chi connectivity index (χ3v) is 3.91. The quantitative estimate of drug-likeness (QED) is 0.888. The molecule has 1 atom stereocenters. The average molecular weight is 326 g/mol. The Balaban J connectivity index is 1.71. The van der Waals surface area contributed by atoms with E-state index in [1.807, 2.05) is 0 Å². The highest BCUT2D eigenvalue weighted by Gasteiger charge is 2.34. The predicted molar refractivity (Wildman–Crippen MR) is 74.2 cm³/mol. The zero-order valence-corrected chi connectivity index (χ0v) is 11.7. The lowest BCUT2D eigenvalue weighted by atomic mass is 10.3. The number of halogens is 3. The van der Waals surface area contributed by atoms with Gasteiger partial charge in [-0.05, 0) is 18.2 Å². The van der Waals surface area contributed by atoms with Crippen LogP contribution < -0.4 is 10.6 Å². The first-order valence-electron chi connectivity index (χ1n) is 6.16. The molecule has 3 heterocycles. The van der Waals surface area contributed by atoms with Crippen LogP contribution in [0.5, 0.6) is 0 Å². The molecule has 0 spiro atoms. The highest BCUT2D eigenvalue weighted by atomic mass is 32.2. The number of hydrogen-bond acceptors (Lipinski definition) is 5. The molecule has 2 N–H and O–H groups in total. The molecular formula is C13H9F3N4OS. The molecular weight excluding hydrogens is 317 g/mol. The van der Waals surface area contributed by atoms with Crippen LogP contribution in [-0.4, -0.2) is 21.4 Å². The summed E-state index contributed by atoms with van der Waals surface area (Å²) in [6.07, 6.45) is -1.90. The summed E-state index contributed by atoms with van der Waals surface area (Å²) in [5.41, 5.74) is -0.855. The predicted octanol–water partition coefficient (Wildman–Crippen LogP) is 2.73. The Bertz CT molecular complexity index is 708. The molecule has 22 heavy (non-hydrogen) atoms. The van der Waals surface area contributed by atoms with Gasteiger partial charge in [-0.1, -0.05) is 17.8 Å². The Kier molecular flexibility index (Phi) is 3.65. The maximum absolute atomic E-state index is 12.6. The molecule has 2 aromatic heterocycles. The van der Waals surface area contributed by atoms with Gasteiger partial charge in [-0.2, -0.15) is 13.2 Å². The summed E-state index contributed by atoms with van der Waals surface area (Å²) >= 11 is 1.08. The van der Waals surface area contributed by atoms with Gasteiger partial charge < -0.3 is 10.6 Å². The SMILES string of the molecule is O=C(NC1Nc2cnc(C(F)(F)F)cc2S1)c1ccccn1. The van der Waals surface area contributed by atoms with Crippen molar-refractivity contribution in [1.82, 2.24) is 15.3 Å². The lowest BCUT2D eigenvalue weighted by molar-refractivity contribution is -0.141. The molecule has 1 aliphatic rings. The fraction of sp³-hybridized carbons (Fsp3) is 0.154. The van der Waals surface area contributed by atoms with Gasteiger partial charge in [0.1, 0.15) is 11.4 Å². The minimum Gasteiger partial charge on any atom is -0.354 e. The van der Waals surface area contributed by atoms with Crippen LogP contribution in [0.3, 0.4) is 0 Å². The van der Waals surface area contributed by atoms with Crippen LogP contribution in [0.4, 0.5) is 18.9 Å². The van der Waals surface area contributed by atoms with Crippen molar-refractivity contribution in [1.29, 1.82) is 0 Å². The zero-order valence-electron chi connectivity index (χ0n) is 10.9. The average Bonchev–Trinajstić information content (AvgIpc) is 2.88. The van der Waals surface area contributed by atoms with Crippen molar-refractivity contribution < 1.29 is 18.0 Å². The smallest absolute Gasteiger partial charge is 0.354 e. The molecule has 0 fully saturated rings. The van der Waals surface area contributed by atoms with Crippen molar-refractivity contribution in [2.75, 3.05) is 5.32 Å². The molecule has 1 aliphatic heterocycles. The number of nitrogens with one attached hydrogen (secondary N) is 2. The van der Waals surface area contributed by atoms with Crippen LogP contribution in [-0.2, 0) is 6.18 Å². The number of aromatic nitrogens is 2. The van der Waals surface area contributed by atoms with E-state index in [1.54, 1.807) is 18.2 Å². The van der Waals surface area contributed by atoms with E-state index in [9.17, 15) is 18.0 Å². The lowest BCUT2D eigenvalue weighted by Crippen LogP contribution is -2.36. The van der Waals surface area contributed by atoms with Crippen LogP contribution in [0.2, 0.25) is 0 Å². The van der Waals surface area contributed by atoms with Crippen molar-refractivity contribution in [2.24, 2.45) is 0 Å². The summed E-state index contributed by atoms with van der Waals surface area (Å²) in [6, 6.07) is 5.86. The Morgan fingerprint density at radius 2 is 2.14 bits per heavy atom. The van der Waals surface area contributed by atoms with Crippen molar-refractivity contribution >= 4 is 23.4 Å². The number of anilines is 1. The summed E-state index contributed by atoms with van der Waals surface area (Å²) in [5.74, 6) is -0.414. The van der Waals surface area contributed by atoms with Crippen LogP contribution in [0.25, 0.3) is 0 Å². The first-order chi connectivity index (χ1) is 10.4. The number of alkyl halides is 3. The fourth-order valence-electron chi connectivity index (χ4n) is 1.85. The van der Waals surface area contributed by atoms with Gasteiger partial charge in [-0.3, -0.25) is 9.78 Å². The van der Waals surface area contributed by atoms with E-state index in [-0.39, 0.29) is 5.69 Å². The van der Waals surface area contributed by atoms with Gasteiger partial charge in [0.05, 0.1) is 11.9 Å². The lowest BCUT2D eigenvalue weighted by Gasteiger charge is -2.11. The Hall–Kier alpha value is -2.29. The Morgan fingerprint density at radius 1 is 1.32 bits per heavy atom. The molecule has 0 saturated carbocycles. The van der Waals surface area contributed by atoms with E-state index < -0.39 is 23.3 Å². The molecule has 9 heteroatoms. The third-order valence-electron chi connectivity index (χ3n) is 2.85. The number of rotatable bonds is 2. The summed E-state index contributed by atoms with van der Waals surface area (Å²) in [5, 5.41) is 5.53. The van der Waals surface area contributed by atoms with E-state index in [1.165, 1.54) is 6.20 Å². The molecule has 0 aromatic carbocycles. The second kappa shape index (κ2) is 5.48. The molecule has 114 valence electrons. The number of fused-ring (bicyclic) bond motifs is 1. The molecule has 0 saturated heterocycles. The standard InChI is InChI=1S/C13H9F3N4OS/c14-13(15,16)10-5-9-8(6-18-10)19-12(22-9)20-11(21)7-3-1-2-4-17-7/h1-6,12,19H,(H,20,21). The third kappa shape index (κ3) is 2.98. The number of thioether (sulfide) groups is 1. The van der Waals surface area contributed by atoms with Crippen LogP contribution in [0.1, 0.15) is 16.2 Å². The fourth-order valence-corrected chi connectivity index (χ4v) is 2.88.